The molecule has 2 bridgehead atoms. The summed E-state index contributed by atoms with van der Waals surface area (Å²) in [5, 5.41) is 3.06. The van der Waals surface area contributed by atoms with Crippen molar-refractivity contribution in [1.82, 2.24) is 10.2 Å². The molecule has 0 saturated carbocycles. The van der Waals surface area contributed by atoms with Gasteiger partial charge in [0.25, 0.3) is 0 Å². The van der Waals surface area contributed by atoms with Crippen molar-refractivity contribution in [2.45, 2.75) is 39.0 Å². The van der Waals surface area contributed by atoms with Gasteiger partial charge in [0.1, 0.15) is 5.75 Å². The number of hydrogen-bond donors (Lipinski definition) is 1. The number of hydrogen-bond acceptors (Lipinski definition) is 2. The monoisotopic (exact) mass is 246 g/mol. The molecule has 2 atom stereocenters. The van der Waals surface area contributed by atoms with Gasteiger partial charge in [-0.3, -0.25) is 4.90 Å². The van der Waals surface area contributed by atoms with Gasteiger partial charge in [-0.05, 0) is 26.3 Å². The van der Waals surface area contributed by atoms with Crippen molar-refractivity contribution in [3.63, 3.8) is 0 Å². The van der Waals surface area contributed by atoms with E-state index in [-0.39, 0.29) is 12.1 Å². The van der Waals surface area contributed by atoms with Crippen LogP contribution in [0.2, 0.25) is 0 Å². The van der Waals surface area contributed by atoms with Crippen molar-refractivity contribution in [1.29, 1.82) is 0 Å². The molecule has 2 amide bonds. The van der Waals surface area contributed by atoms with E-state index < -0.39 is 5.72 Å². The van der Waals surface area contributed by atoms with Crippen LogP contribution in [0.5, 0.6) is 5.75 Å². The minimum absolute atomic E-state index is 0.0385. The highest BCUT2D eigenvalue weighted by atomic mass is 16.5. The van der Waals surface area contributed by atoms with Gasteiger partial charge in [0.2, 0.25) is 0 Å². The summed E-state index contributed by atoms with van der Waals surface area (Å²) in [6, 6.07) is 6.12. The van der Waals surface area contributed by atoms with Gasteiger partial charge < -0.3 is 10.1 Å². The first-order valence-corrected chi connectivity index (χ1v) is 6.42. The van der Waals surface area contributed by atoms with E-state index in [1.165, 1.54) is 0 Å². The number of nitrogens with zero attached hydrogens (tertiary/aromatic N) is 1. The minimum Gasteiger partial charge on any atom is -0.467 e. The predicted octanol–water partition coefficient (Wildman–Crippen LogP) is 2.58. The SMILES string of the molecule is CCN1C(=O)NC2CC1(C)Oc1c(C)cccc12. The van der Waals surface area contributed by atoms with Crippen molar-refractivity contribution in [2.24, 2.45) is 0 Å². The second-order valence-corrected chi connectivity index (χ2v) is 5.22. The van der Waals surface area contributed by atoms with Crippen LogP contribution in [0.4, 0.5) is 4.79 Å². The maximum Gasteiger partial charge on any atom is 0.320 e. The van der Waals surface area contributed by atoms with E-state index in [4.69, 9.17) is 4.74 Å². The summed E-state index contributed by atoms with van der Waals surface area (Å²) in [5.74, 6) is 0.926. The van der Waals surface area contributed by atoms with Crippen molar-refractivity contribution in [3.8, 4) is 5.75 Å². The number of urea groups is 1. The standard InChI is InChI=1S/C14H18N2O2/c1-4-16-13(17)15-11-8-14(16,3)18-12-9(2)6-5-7-10(11)12/h5-7,11H,4,8H2,1-3H3,(H,15,17). The average Bonchev–Trinajstić information content (AvgIpc) is 2.30. The minimum atomic E-state index is -0.527. The van der Waals surface area contributed by atoms with Crippen LogP contribution in [0, 0.1) is 6.92 Å². The maximum atomic E-state index is 12.1. The van der Waals surface area contributed by atoms with Crippen LogP contribution < -0.4 is 10.1 Å². The number of para-hydroxylation sites is 1. The first-order chi connectivity index (χ1) is 8.55. The van der Waals surface area contributed by atoms with E-state index in [1.54, 1.807) is 4.90 Å². The second-order valence-electron chi connectivity index (χ2n) is 5.22. The van der Waals surface area contributed by atoms with E-state index in [0.717, 1.165) is 23.3 Å². The number of aryl methyl sites for hydroxylation is 1. The van der Waals surface area contributed by atoms with E-state index in [9.17, 15) is 4.79 Å². The molecular formula is C14H18N2O2. The van der Waals surface area contributed by atoms with Gasteiger partial charge in [0.15, 0.2) is 5.72 Å². The lowest BCUT2D eigenvalue weighted by atomic mass is 9.89. The van der Waals surface area contributed by atoms with Gasteiger partial charge in [-0.25, -0.2) is 4.79 Å². The first kappa shape index (κ1) is 11.4. The third kappa shape index (κ3) is 1.41. The second kappa shape index (κ2) is 3.64. The molecule has 1 saturated heterocycles. The normalized spacial score (nSPS) is 29.4. The Morgan fingerprint density at radius 2 is 2.33 bits per heavy atom. The van der Waals surface area contributed by atoms with Gasteiger partial charge in [0, 0.05) is 18.5 Å². The average molecular weight is 246 g/mol. The highest BCUT2D eigenvalue weighted by Gasteiger charge is 2.48. The zero-order chi connectivity index (χ0) is 12.9. The van der Waals surface area contributed by atoms with E-state index >= 15 is 0 Å². The summed E-state index contributed by atoms with van der Waals surface area (Å²) in [5.41, 5.74) is 1.69. The Morgan fingerprint density at radius 3 is 3.06 bits per heavy atom. The van der Waals surface area contributed by atoms with Crippen molar-refractivity contribution >= 4 is 6.03 Å². The molecule has 0 radical (unpaired) electrons. The largest absolute Gasteiger partial charge is 0.467 e. The Kier molecular flexibility index (Phi) is 2.30. The number of rotatable bonds is 1. The number of amides is 2. The Bertz CT molecular complexity index is 515. The van der Waals surface area contributed by atoms with E-state index in [1.807, 2.05) is 39.0 Å². The fourth-order valence-electron chi connectivity index (χ4n) is 3.05. The topological polar surface area (TPSA) is 41.6 Å². The van der Waals surface area contributed by atoms with Crippen molar-refractivity contribution < 1.29 is 9.53 Å². The Morgan fingerprint density at radius 1 is 1.56 bits per heavy atom. The lowest BCUT2D eigenvalue weighted by Gasteiger charge is -2.50. The van der Waals surface area contributed by atoms with E-state index in [0.29, 0.717) is 6.54 Å². The molecule has 1 aromatic carbocycles. The van der Waals surface area contributed by atoms with E-state index in [2.05, 4.69) is 5.32 Å². The summed E-state index contributed by atoms with van der Waals surface area (Å²) >= 11 is 0. The zero-order valence-electron chi connectivity index (χ0n) is 11.0. The summed E-state index contributed by atoms with van der Waals surface area (Å²) in [7, 11) is 0. The highest BCUT2D eigenvalue weighted by Crippen LogP contribution is 2.45. The number of nitrogens with one attached hydrogen (secondary N) is 1. The molecule has 0 aliphatic carbocycles. The molecule has 1 N–H and O–H groups in total. The molecule has 96 valence electrons. The van der Waals surface area contributed by atoms with Crippen LogP contribution in [-0.4, -0.2) is 23.2 Å². The number of fused-ring (bicyclic) bond motifs is 4. The molecule has 2 heterocycles. The maximum absolute atomic E-state index is 12.1. The van der Waals surface area contributed by atoms with Crippen molar-refractivity contribution in [3.05, 3.63) is 29.3 Å². The lowest BCUT2D eigenvalue weighted by Crippen LogP contribution is -2.64. The quantitative estimate of drug-likeness (QED) is 0.827. The highest BCUT2D eigenvalue weighted by molar-refractivity contribution is 5.77. The third-order valence-electron chi connectivity index (χ3n) is 3.95. The smallest absolute Gasteiger partial charge is 0.320 e. The Balaban J connectivity index is 2.12. The lowest BCUT2D eigenvalue weighted by molar-refractivity contribution is -0.0819. The van der Waals surface area contributed by atoms with Crippen LogP contribution in [-0.2, 0) is 0 Å². The molecule has 3 rings (SSSR count). The molecule has 2 aliphatic heterocycles. The first-order valence-electron chi connectivity index (χ1n) is 6.42. The van der Waals surface area contributed by atoms with Crippen LogP contribution in [0.3, 0.4) is 0 Å². The fourth-order valence-corrected chi connectivity index (χ4v) is 3.05. The third-order valence-corrected chi connectivity index (χ3v) is 3.95. The predicted molar refractivity (Wildman–Crippen MR) is 68.5 cm³/mol. The summed E-state index contributed by atoms with van der Waals surface area (Å²) in [6.45, 7) is 6.66. The number of ether oxygens (including phenoxy) is 1. The molecule has 1 fully saturated rings. The number of carbonyl (C=O) groups is 1. The molecule has 2 unspecified atom stereocenters. The van der Waals surface area contributed by atoms with Crippen molar-refractivity contribution in [2.75, 3.05) is 6.54 Å². The van der Waals surface area contributed by atoms with Gasteiger partial charge in [0.05, 0.1) is 6.04 Å². The number of benzene rings is 1. The Hall–Kier alpha value is -1.71. The number of carbonyl (C=O) groups excluding carboxylic acids is 1. The van der Waals surface area contributed by atoms with Gasteiger partial charge in [-0.15, -0.1) is 0 Å². The Labute approximate surface area is 107 Å². The molecule has 2 aliphatic rings. The van der Waals surface area contributed by atoms with Gasteiger partial charge in [-0.2, -0.15) is 0 Å². The van der Waals surface area contributed by atoms with Crippen LogP contribution in [0.25, 0.3) is 0 Å². The fraction of sp³-hybridized carbons (Fsp3) is 0.500. The summed E-state index contributed by atoms with van der Waals surface area (Å²) in [4.78, 5) is 13.8. The van der Waals surface area contributed by atoms with Gasteiger partial charge >= 0.3 is 6.03 Å². The van der Waals surface area contributed by atoms with Crippen LogP contribution in [0.15, 0.2) is 18.2 Å². The molecule has 1 aromatic rings. The summed E-state index contributed by atoms with van der Waals surface area (Å²) in [6.07, 6.45) is 0.795. The zero-order valence-corrected chi connectivity index (χ0v) is 11.0. The van der Waals surface area contributed by atoms with Gasteiger partial charge in [-0.1, -0.05) is 18.2 Å². The molecule has 0 aromatic heterocycles. The van der Waals surface area contributed by atoms with Crippen LogP contribution >= 0.6 is 0 Å². The molecular weight excluding hydrogens is 228 g/mol. The summed E-state index contributed by atoms with van der Waals surface area (Å²) < 4.78 is 6.16. The molecule has 18 heavy (non-hydrogen) atoms. The molecule has 0 spiro atoms. The molecule has 4 nitrogen and oxygen atoms in total. The molecule has 4 heteroatoms. The van der Waals surface area contributed by atoms with Crippen LogP contribution in [0.1, 0.15) is 37.4 Å².